The van der Waals surface area contributed by atoms with E-state index < -0.39 is 4.92 Å². The van der Waals surface area contributed by atoms with Gasteiger partial charge in [0.1, 0.15) is 0 Å². The van der Waals surface area contributed by atoms with Crippen LogP contribution in [0.25, 0.3) is 0 Å². The van der Waals surface area contributed by atoms with Crippen molar-refractivity contribution in [2.45, 2.75) is 20.4 Å². The molecule has 1 aromatic heterocycles. The summed E-state index contributed by atoms with van der Waals surface area (Å²) in [4.78, 5) is 22.1. The van der Waals surface area contributed by atoms with E-state index >= 15 is 0 Å². The van der Waals surface area contributed by atoms with Crippen LogP contribution in [-0.4, -0.2) is 14.5 Å². The zero-order chi connectivity index (χ0) is 13.2. The van der Waals surface area contributed by atoms with E-state index in [1.807, 2.05) is 0 Å². The Hall–Kier alpha value is -1.76. The van der Waals surface area contributed by atoms with Crippen LogP contribution in [0.15, 0.2) is 17.1 Å². The Morgan fingerprint density at radius 2 is 2.29 bits per heavy atom. The summed E-state index contributed by atoms with van der Waals surface area (Å²) in [5.74, 6) is -0.190. The Labute approximate surface area is 103 Å². The van der Waals surface area contributed by atoms with Gasteiger partial charge in [-0.2, -0.15) is 0 Å². The Kier molecular flexibility index (Phi) is 3.95. The molecule has 0 spiro atoms. The van der Waals surface area contributed by atoms with Gasteiger partial charge in [0.25, 0.3) is 11.2 Å². The van der Waals surface area contributed by atoms with Gasteiger partial charge in [-0.1, -0.05) is 19.1 Å². The highest BCUT2D eigenvalue weighted by molar-refractivity contribution is 7.80. The molecule has 1 atom stereocenters. The molecule has 0 saturated heterocycles. The molecule has 0 fully saturated rings. The van der Waals surface area contributed by atoms with Crippen molar-refractivity contribution in [1.29, 1.82) is 0 Å². The summed E-state index contributed by atoms with van der Waals surface area (Å²) in [6.07, 6.45) is 1.23. The van der Waals surface area contributed by atoms with Crippen LogP contribution in [-0.2, 0) is 6.54 Å². The van der Waals surface area contributed by atoms with E-state index in [0.717, 1.165) is 0 Å². The maximum atomic E-state index is 11.6. The van der Waals surface area contributed by atoms with Gasteiger partial charge in [0.05, 0.1) is 16.1 Å². The highest BCUT2D eigenvalue weighted by Gasteiger charge is 2.15. The molecule has 1 unspecified atom stereocenters. The Morgan fingerprint density at radius 1 is 1.71 bits per heavy atom. The lowest BCUT2D eigenvalue weighted by molar-refractivity contribution is -0.385. The first-order valence-electron chi connectivity index (χ1n) is 4.97. The van der Waals surface area contributed by atoms with Crippen LogP contribution >= 0.6 is 12.2 Å². The van der Waals surface area contributed by atoms with Crippen molar-refractivity contribution in [3.8, 4) is 0 Å². The van der Waals surface area contributed by atoms with Crippen molar-refractivity contribution < 1.29 is 4.92 Å². The second-order valence-electron chi connectivity index (χ2n) is 3.89. The summed E-state index contributed by atoms with van der Waals surface area (Å²) < 4.78 is 1.26. The van der Waals surface area contributed by atoms with E-state index in [-0.39, 0.29) is 28.7 Å². The highest BCUT2D eigenvalue weighted by atomic mass is 32.1. The molecular weight excluding hydrogens is 242 g/mol. The minimum Gasteiger partial charge on any atom is -0.393 e. The van der Waals surface area contributed by atoms with Crippen molar-refractivity contribution >= 4 is 22.9 Å². The summed E-state index contributed by atoms with van der Waals surface area (Å²) in [5, 5.41) is 10.7. The monoisotopic (exact) mass is 255 g/mol. The molecule has 0 aliphatic rings. The molecule has 1 rings (SSSR count). The molecule has 0 aliphatic heterocycles. The fraction of sp³-hybridized carbons (Fsp3) is 0.400. The van der Waals surface area contributed by atoms with Crippen LogP contribution in [0.4, 0.5) is 5.69 Å². The first-order valence-corrected chi connectivity index (χ1v) is 5.38. The number of aromatic nitrogens is 1. The summed E-state index contributed by atoms with van der Waals surface area (Å²) >= 11 is 4.80. The van der Waals surface area contributed by atoms with E-state index in [0.29, 0.717) is 5.56 Å². The smallest absolute Gasteiger partial charge is 0.288 e. The molecule has 0 saturated carbocycles. The summed E-state index contributed by atoms with van der Waals surface area (Å²) in [6.45, 7) is 3.54. The molecule has 2 N–H and O–H groups in total. The number of nitrogens with two attached hydrogens (primary N) is 1. The standard InChI is InChI=1S/C10H13N3O3S/c1-6-3-9(14)12(4-7(2)10(11)17)5-8(6)13(15)16/h3,5,7H,4H2,1-2H3,(H2,11,17). The van der Waals surface area contributed by atoms with Gasteiger partial charge in [-0.05, 0) is 6.92 Å². The number of aryl methyl sites for hydroxylation is 1. The number of rotatable bonds is 4. The molecule has 1 heterocycles. The molecule has 92 valence electrons. The van der Waals surface area contributed by atoms with E-state index in [4.69, 9.17) is 18.0 Å². The molecule has 0 bridgehead atoms. The second-order valence-corrected chi connectivity index (χ2v) is 4.36. The van der Waals surface area contributed by atoms with E-state index in [1.165, 1.54) is 23.8 Å². The van der Waals surface area contributed by atoms with Gasteiger partial charge >= 0.3 is 0 Å². The molecule has 0 aliphatic carbocycles. The fourth-order valence-electron chi connectivity index (χ4n) is 1.37. The van der Waals surface area contributed by atoms with E-state index in [9.17, 15) is 14.9 Å². The average molecular weight is 255 g/mol. The number of hydrogen-bond acceptors (Lipinski definition) is 4. The van der Waals surface area contributed by atoms with E-state index in [1.54, 1.807) is 6.92 Å². The SMILES string of the molecule is Cc1cc(=O)n(CC(C)C(N)=S)cc1[N+](=O)[O-]. The molecule has 17 heavy (non-hydrogen) atoms. The number of nitrogens with zero attached hydrogens (tertiary/aromatic N) is 2. The van der Waals surface area contributed by atoms with Gasteiger partial charge in [-0.25, -0.2) is 0 Å². The predicted octanol–water partition coefficient (Wildman–Crippen LogP) is 0.987. The third-order valence-electron chi connectivity index (χ3n) is 2.46. The Balaban J connectivity index is 3.17. The maximum absolute atomic E-state index is 11.6. The van der Waals surface area contributed by atoms with Gasteiger partial charge in [-0.3, -0.25) is 14.9 Å². The third kappa shape index (κ3) is 3.10. The molecule has 1 aromatic rings. The minimum absolute atomic E-state index is 0.0836. The van der Waals surface area contributed by atoms with Crippen LogP contribution in [0.2, 0.25) is 0 Å². The molecule has 7 heteroatoms. The van der Waals surface area contributed by atoms with Gasteiger partial charge in [-0.15, -0.1) is 0 Å². The van der Waals surface area contributed by atoms with Gasteiger partial charge in [0.2, 0.25) is 0 Å². The van der Waals surface area contributed by atoms with Crippen LogP contribution in [0.1, 0.15) is 12.5 Å². The summed E-state index contributed by atoms with van der Waals surface area (Å²) in [5.41, 5.74) is 5.41. The third-order valence-corrected chi connectivity index (χ3v) is 2.86. The lowest BCUT2D eigenvalue weighted by Gasteiger charge is -2.11. The maximum Gasteiger partial charge on any atom is 0.288 e. The quantitative estimate of drug-likeness (QED) is 0.492. The van der Waals surface area contributed by atoms with Crippen molar-refractivity contribution in [2.24, 2.45) is 11.7 Å². The largest absolute Gasteiger partial charge is 0.393 e. The highest BCUT2D eigenvalue weighted by Crippen LogP contribution is 2.14. The molecule has 0 aromatic carbocycles. The topological polar surface area (TPSA) is 91.2 Å². The second kappa shape index (κ2) is 5.05. The van der Waals surface area contributed by atoms with Crippen molar-refractivity contribution in [3.63, 3.8) is 0 Å². The van der Waals surface area contributed by atoms with Crippen LogP contribution in [0, 0.1) is 23.0 Å². The molecule has 0 amide bonds. The lowest BCUT2D eigenvalue weighted by atomic mass is 10.1. The van der Waals surface area contributed by atoms with Crippen molar-refractivity contribution in [2.75, 3.05) is 0 Å². The van der Waals surface area contributed by atoms with Crippen LogP contribution < -0.4 is 11.3 Å². The number of thiocarbonyl (C=S) groups is 1. The number of nitro groups is 1. The summed E-state index contributed by atoms with van der Waals surface area (Å²) in [7, 11) is 0. The Bertz CT molecular complexity index is 524. The van der Waals surface area contributed by atoms with E-state index in [2.05, 4.69) is 0 Å². The molecular formula is C10H13N3O3S. The normalized spacial score (nSPS) is 12.1. The summed E-state index contributed by atoms with van der Waals surface area (Å²) in [6, 6.07) is 1.24. The van der Waals surface area contributed by atoms with Gasteiger partial charge in [0.15, 0.2) is 0 Å². The van der Waals surface area contributed by atoms with Crippen molar-refractivity contribution in [3.05, 3.63) is 38.3 Å². The minimum atomic E-state index is -0.517. The zero-order valence-electron chi connectivity index (χ0n) is 9.54. The van der Waals surface area contributed by atoms with Gasteiger partial charge in [0, 0.05) is 24.1 Å². The first-order chi connectivity index (χ1) is 7.82. The predicted molar refractivity (Wildman–Crippen MR) is 68.0 cm³/mol. The molecule has 0 radical (unpaired) electrons. The first kappa shape index (κ1) is 13.3. The lowest BCUT2D eigenvalue weighted by Crippen LogP contribution is -2.28. The zero-order valence-corrected chi connectivity index (χ0v) is 10.4. The number of hydrogen-bond donors (Lipinski definition) is 1. The number of pyridine rings is 1. The average Bonchev–Trinajstić information content (AvgIpc) is 2.21. The van der Waals surface area contributed by atoms with Gasteiger partial charge < -0.3 is 10.3 Å². The Morgan fingerprint density at radius 3 is 2.76 bits per heavy atom. The van der Waals surface area contributed by atoms with Crippen LogP contribution in [0.3, 0.4) is 0 Å². The van der Waals surface area contributed by atoms with Crippen LogP contribution in [0.5, 0.6) is 0 Å². The van der Waals surface area contributed by atoms with Crippen molar-refractivity contribution in [1.82, 2.24) is 4.57 Å². The fourth-order valence-corrected chi connectivity index (χ4v) is 1.45. The molecule has 6 nitrogen and oxygen atoms in total.